The van der Waals surface area contributed by atoms with Gasteiger partial charge in [-0.1, -0.05) is 42.3 Å². The van der Waals surface area contributed by atoms with Crippen molar-refractivity contribution in [2.45, 2.75) is 26.9 Å². The molecule has 0 atom stereocenters. The lowest BCUT2D eigenvalue weighted by atomic mass is 10.1. The van der Waals surface area contributed by atoms with E-state index in [9.17, 15) is 9.59 Å². The van der Waals surface area contributed by atoms with Gasteiger partial charge in [-0.15, -0.1) is 0 Å². The van der Waals surface area contributed by atoms with E-state index in [2.05, 4.69) is 0 Å². The number of hydrogen-bond acceptors (Lipinski definition) is 5. The fourth-order valence-corrected chi connectivity index (χ4v) is 4.19. The minimum Gasteiger partial charge on any atom is -0.490 e. The van der Waals surface area contributed by atoms with Crippen LogP contribution < -0.4 is 9.47 Å². The van der Waals surface area contributed by atoms with Crippen molar-refractivity contribution < 1.29 is 19.1 Å². The maximum absolute atomic E-state index is 12.4. The van der Waals surface area contributed by atoms with Crippen molar-refractivity contribution in [3.8, 4) is 11.5 Å². The lowest BCUT2D eigenvalue weighted by molar-refractivity contribution is -0.122. The van der Waals surface area contributed by atoms with Crippen molar-refractivity contribution in [1.82, 2.24) is 4.90 Å². The predicted molar refractivity (Wildman–Crippen MR) is 121 cm³/mol. The quantitative estimate of drug-likeness (QED) is 0.421. The average Bonchev–Trinajstić information content (AvgIpc) is 2.96. The molecule has 5 nitrogen and oxygen atoms in total. The standard InChI is InChI=1S/C22H21Cl2NO4S/c1-3-9-25-21(26)20(30-22(25)27)11-14-5-8-18(19(10-14)28-4-2)29-13-15-6-7-16(23)12-17(15)24/h5-8,10-12H,3-4,9,13H2,1-2H3/b20-11-. The van der Waals surface area contributed by atoms with E-state index in [-0.39, 0.29) is 17.8 Å². The van der Waals surface area contributed by atoms with Gasteiger partial charge in [0.2, 0.25) is 0 Å². The van der Waals surface area contributed by atoms with Crippen molar-refractivity contribution in [3.05, 3.63) is 62.5 Å². The first-order chi connectivity index (χ1) is 14.4. The molecule has 2 aromatic carbocycles. The molecule has 3 rings (SSSR count). The Morgan fingerprint density at radius 1 is 1.03 bits per heavy atom. The summed E-state index contributed by atoms with van der Waals surface area (Å²) < 4.78 is 11.6. The third kappa shape index (κ3) is 5.31. The number of ether oxygens (including phenoxy) is 2. The van der Waals surface area contributed by atoms with Crippen molar-refractivity contribution in [2.75, 3.05) is 13.2 Å². The second-order valence-electron chi connectivity index (χ2n) is 6.50. The largest absolute Gasteiger partial charge is 0.490 e. The van der Waals surface area contributed by atoms with Crippen molar-refractivity contribution >= 4 is 52.2 Å². The van der Waals surface area contributed by atoms with Gasteiger partial charge in [0.1, 0.15) is 6.61 Å². The van der Waals surface area contributed by atoms with E-state index in [1.807, 2.05) is 26.0 Å². The lowest BCUT2D eigenvalue weighted by Crippen LogP contribution is -2.28. The Kier molecular flexibility index (Phi) is 7.69. The van der Waals surface area contributed by atoms with Gasteiger partial charge in [-0.2, -0.15) is 0 Å². The second kappa shape index (κ2) is 10.2. The van der Waals surface area contributed by atoms with E-state index in [1.54, 1.807) is 30.3 Å². The van der Waals surface area contributed by atoms with Crippen molar-refractivity contribution in [2.24, 2.45) is 0 Å². The highest BCUT2D eigenvalue weighted by Gasteiger charge is 2.34. The molecule has 1 fully saturated rings. The number of halogens is 2. The van der Waals surface area contributed by atoms with Crippen LogP contribution in [0.4, 0.5) is 4.79 Å². The van der Waals surface area contributed by atoms with Crippen LogP contribution in [0.3, 0.4) is 0 Å². The molecular formula is C22H21Cl2NO4S. The fourth-order valence-electron chi connectivity index (χ4n) is 2.86. The zero-order valence-corrected chi connectivity index (χ0v) is 18.9. The Hall–Kier alpha value is -2.15. The molecule has 1 saturated heterocycles. The predicted octanol–water partition coefficient (Wildman–Crippen LogP) is 6.42. The number of amides is 2. The SMILES string of the molecule is CCCN1C(=O)S/C(=C\c2ccc(OCc3ccc(Cl)cc3Cl)c(OCC)c2)C1=O. The number of benzene rings is 2. The highest BCUT2D eigenvalue weighted by atomic mass is 35.5. The molecule has 1 aliphatic rings. The van der Waals surface area contributed by atoms with Gasteiger partial charge in [-0.3, -0.25) is 14.5 Å². The van der Waals surface area contributed by atoms with Gasteiger partial charge in [0.25, 0.3) is 11.1 Å². The van der Waals surface area contributed by atoms with E-state index in [1.165, 1.54) is 4.90 Å². The lowest BCUT2D eigenvalue weighted by Gasteiger charge is -2.13. The molecule has 158 valence electrons. The molecule has 0 unspecified atom stereocenters. The van der Waals surface area contributed by atoms with Crippen LogP contribution in [0.15, 0.2) is 41.3 Å². The third-order valence-corrected chi connectivity index (χ3v) is 5.78. The normalized spacial score (nSPS) is 15.2. The zero-order valence-electron chi connectivity index (χ0n) is 16.6. The monoisotopic (exact) mass is 465 g/mol. The molecule has 0 saturated carbocycles. The molecule has 1 aliphatic heterocycles. The van der Waals surface area contributed by atoms with Gasteiger partial charge in [0.05, 0.1) is 11.5 Å². The summed E-state index contributed by atoms with van der Waals surface area (Å²) in [7, 11) is 0. The number of imide groups is 1. The molecule has 0 aliphatic carbocycles. The Bertz CT molecular complexity index is 993. The molecule has 0 N–H and O–H groups in total. The number of thioether (sulfide) groups is 1. The number of rotatable bonds is 8. The molecule has 0 radical (unpaired) electrons. The molecule has 2 aromatic rings. The highest BCUT2D eigenvalue weighted by Crippen LogP contribution is 2.35. The Morgan fingerprint density at radius 2 is 1.83 bits per heavy atom. The topological polar surface area (TPSA) is 55.8 Å². The van der Waals surface area contributed by atoms with E-state index in [0.717, 1.165) is 29.3 Å². The molecule has 30 heavy (non-hydrogen) atoms. The summed E-state index contributed by atoms with van der Waals surface area (Å²) >= 11 is 13.1. The second-order valence-corrected chi connectivity index (χ2v) is 8.33. The van der Waals surface area contributed by atoms with E-state index < -0.39 is 0 Å². The van der Waals surface area contributed by atoms with E-state index >= 15 is 0 Å². The highest BCUT2D eigenvalue weighted by molar-refractivity contribution is 8.18. The summed E-state index contributed by atoms with van der Waals surface area (Å²) in [6.45, 7) is 4.94. The first kappa shape index (κ1) is 22.5. The maximum atomic E-state index is 12.4. The van der Waals surface area contributed by atoms with Gasteiger partial charge in [0.15, 0.2) is 11.5 Å². The first-order valence-electron chi connectivity index (χ1n) is 9.51. The van der Waals surface area contributed by atoms with Gasteiger partial charge in [-0.25, -0.2) is 0 Å². The molecule has 0 bridgehead atoms. The van der Waals surface area contributed by atoms with Crippen LogP contribution in [0, 0.1) is 0 Å². The minimum atomic E-state index is -0.262. The van der Waals surface area contributed by atoms with E-state index in [0.29, 0.717) is 39.6 Å². The Labute approximate surface area is 189 Å². The van der Waals surface area contributed by atoms with Gasteiger partial charge in [0, 0.05) is 22.2 Å². The van der Waals surface area contributed by atoms with Crippen LogP contribution in [0.1, 0.15) is 31.4 Å². The van der Waals surface area contributed by atoms with Gasteiger partial charge >= 0.3 is 0 Å². The molecule has 1 heterocycles. The summed E-state index contributed by atoms with van der Waals surface area (Å²) in [6, 6.07) is 10.6. The summed E-state index contributed by atoms with van der Waals surface area (Å²) in [5.74, 6) is 0.839. The Balaban J connectivity index is 1.79. The number of nitrogens with zero attached hydrogens (tertiary/aromatic N) is 1. The maximum Gasteiger partial charge on any atom is 0.293 e. The van der Waals surface area contributed by atoms with E-state index in [4.69, 9.17) is 32.7 Å². The van der Waals surface area contributed by atoms with Crippen LogP contribution in [0.5, 0.6) is 11.5 Å². The number of carbonyl (C=O) groups excluding carboxylic acids is 2. The van der Waals surface area contributed by atoms with Crippen LogP contribution in [-0.2, 0) is 11.4 Å². The van der Waals surface area contributed by atoms with Crippen molar-refractivity contribution in [1.29, 1.82) is 0 Å². The van der Waals surface area contributed by atoms with Gasteiger partial charge in [-0.05, 0) is 61.0 Å². The Morgan fingerprint density at radius 3 is 2.53 bits per heavy atom. The molecular weight excluding hydrogens is 445 g/mol. The van der Waals surface area contributed by atoms with Crippen molar-refractivity contribution in [3.63, 3.8) is 0 Å². The summed E-state index contributed by atoms with van der Waals surface area (Å²) in [5, 5.41) is 0.851. The van der Waals surface area contributed by atoms with Crippen LogP contribution in [0.2, 0.25) is 10.0 Å². The fraction of sp³-hybridized carbons (Fsp3) is 0.273. The summed E-state index contributed by atoms with van der Waals surface area (Å²) in [6.07, 6.45) is 2.42. The third-order valence-electron chi connectivity index (χ3n) is 4.28. The molecule has 0 aromatic heterocycles. The minimum absolute atomic E-state index is 0.238. The number of hydrogen-bond donors (Lipinski definition) is 0. The van der Waals surface area contributed by atoms with Crippen LogP contribution in [-0.4, -0.2) is 29.2 Å². The average molecular weight is 466 g/mol. The summed E-state index contributed by atoms with van der Waals surface area (Å²) in [5.41, 5.74) is 1.55. The molecule has 2 amide bonds. The smallest absolute Gasteiger partial charge is 0.293 e. The van der Waals surface area contributed by atoms with Crippen LogP contribution in [0.25, 0.3) is 6.08 Å². The van der Waals surface area contributed by atoms with Gasteiger partial charge < -0.3 is 9.47 Å². The summed E-state index contributed by atoms with van der Waals surface area (Å²) in [4.78, 5) is 26.1. The zero-order chi connectivity index (χ0) is 21.7. The molecule has 0 spiro atoms. The number of carbonyl (C=O) groups is 2. The van der Waals surface area contributed by atoms with Crippen LogP contribution >= 0.6 is 35.0 Å². The first-order valence-corrected chi connectivity index (χ1v) is 11.1. The molecule has 8 heteroatoms.